The highest BCUT2D eigenvalue weighted by Crippen LogP contribution is 2.27. The van der Waals surface area contributed by atoms with Gasteiger partial charge in [0.25, 0.3) is 0 Å². The van der Waals surface area contributed by atoms with Crippen LogP contribution in [0.1, 0.15) is 31.4 Å². The number of benzene rings is 1. The van der Waals surface area contributed by atoms with E-state index in [4.69, 9.17) is 12.2 Å². The van der Waals surface area contributed by atoms with Crippen LogP contribution in [-0.4, -0.2) is 26.5 Å². The van der Waals surface area contributed by atoms with Gasteiger partial charge in [-0.1, -0.05) is 42.0 Å². The molecule has 0 amide bonds. The third-order valence-corrected chi connectivity index (χ3v) is 3.22. The molecule has 1 N–H and O–H groups in total. The monoisotopic (exact) mass is 248 g/mol. The van der Waals surface area contributed by atoms with Crippen molar-refractivity contribution in [2.24, 2.45) is 5.10 Å². The Kier molecular flexibility index (Phi) is 3.02. The van der Waals surface area contributed by atoms with E-state index in [9.17, 15) is 5.11 Å². The van der Waals surface area contributed by atoms with Gasteiger partial charge in [0.05, 0.1) is 0 Å². The van der Waals surface area contributed by atoms with E-state index >= 15 is 0 Å². The molecule has 2 rings (SSSR count). The Morgan fingerprint density at radius 1 is 1.35 bits per heavy atom. The van der Waals surface area contributed by atoms with E-state index in [1.165, 1.54) is 10.6 Å². The summed E-state index contributed by atoms with van der Waals surface area (Å²) in [4.78, 5) is 0.562. The summed E-state index contributed by atoms with van der Waals surface area (Å²) in [6.45, 7) is 5.65. The van der Waals surface area contributed by atoms with Gasteiger partial charge in [0.2, 0.25) is 0 Å². The van der Waals surface area contributed by atoms with Crippen molar-refractivity contribution in [2.45, 2.75) is 32.9 Å². The number of nitrogens with zero attached hydrogens (tertiary/aromatic N) is 2. The average molecular weight is 248 g/mol. The Morgan fingerprint density at radius 2 is 1.94 bits per heavy atom. The molecule has 0 radical (unpaired) electrons. The van der Waals surface area contributed by atoms with Crippen LogP contribution < -0.4 is 0 Å². The van der Waals surface area contributed by atoms with Crippen LogP contribution in [-0.2, 0) is 0 Å². The zero-order chi connectivity index (χ0) is 12.6. The molecule has 0 aliphatic carbocycles. The maximum atomic E-state index is 10.2. The minimum Gasteiger partial charge on any atom is -0.369 e. The van der Waals surface area contributed by atoms with E-state index < -0.39 is 5.72 Å². The molecule has 0 bridgehead atoms. The van der Waals surface area contributed by atoms with Gasteiger partial charge in [-0.3, -0.25) is 0 Å². The van der Waals surface area contributed by atoms with Gasteiger partial charge in [0, 0.05) is 17.7 Å². The summed E-state index contributed by atoms with van der Waals surface area (Å²) in [5, 5.41) is 16.1. The van der Waals surface area contributed by atoms with Crippen molar-refractivity contribution in [1.82, 2.24) is 5.01 Å². The van der Waals surface area contributed by atoms with Gasteiger partial charge in [-0.05, 0) is 20.8 Å². The maximum absolute atomic E-state index is 10.2. The Balaban J connectivity index is 2.29. The summed E-state index contributed by atoms with van der Waals surface area (Å²) < 4.78 is 0. The number of aryl methyl sites for hydroxylation is 1. The Hall–Kier alpha value is -1.26. The molecule has 1 aliphatic rings. The number of rotatable bonds is 1. The molecule has 0 aromatic heterocycles. The fraction of sp³-hybridized carbons (Fsp3) is 0.385. The third-order valence-electron chi connectivity index (χ3n) is 2.81. The predicted molar refractivity (Wildman–Crippen MR) is 73.1 cm³/mol. The molecule has 90 valence electrons. The first-order valence-electron chi connectivity index (χ1n) is 5.58. The molecular weight excluding hydrogens is 232 g/mol. The molecule has 17 heavy (non-hydrogen) atoms. The minimum absolute atomic E-state index is 0.527. The van der Waals surface area contributed by atoms with Crippen LogP contribution in [0.3, 0.4) is 0 Å². The van der Waals surface area contributed by atoms with Gasteiger partial charge in [0.15, 0.2) is 5.72 Å². The molecule has 0 saturated heterocycles. The Labute approximate surface area is 107 Å². The van der Waals surface area contributed by atoms with Gasteiger partial charge >= 0.3 is 0 Å². The van der Waals surface area contributed by atoms with Gasteiger partial charge in [-0.25, -0.2) is 5.01 Å². The summed E-state index contributed by atoms with van der Waals surface area (Å²) in [5.74, 6) is 0. The quantitative estimate of drug-likeness (QED) is 0.776. The number of hydrogen-bond donors (Lipinski definition) is 1. The second kappa shape index (κ2) is 4.20. The van der Waals surface area contributed by atoms with Crippen molar-refractivity contribution in [3.63, 3.8) is 0 Å². The predicted octanol–water partition coefficient (Wildman–Crippen LogP) is 2.46. The van der Waals surface area contributed by atoms with E-state index in [-0.39, 0.29) is 0 Å². The van der Waals surface area contributed by atoms with Crippen molar-refractivity contribution in [3.05, 3.63) is 35.4 Å². The molecule has 0 fully saturated rings. The van der Waals surface area contributed by atoms with E-state index in [0.717, 1.165) is 11.3 Å². The summed E-state index contributed by atoms with van der Waals surface area (Å²) in [6.07, 6.45) is 0.527. The van der Waals surface area contributed by atoms with Gasteiger partial charge in [-0.15, -0.1) is 0 Å². The number of hydrogen-bond acceptors (Lipinski definition) is 3. The lowest BCUT2D eigenvalue weighted by Gasteiger charge is -2.29. The summed E-state index contributed by atoms with van der Waals surface area (Å²) in [7, 11) is 0. The molecule has 1 aliphatic heterocycles. The molecule has 1 aromatic rings. The van der Waals surface area contributed by atoms with Gasteiger partial charge < -0.3 is 5.11 Å². The summed E-state index contributed by atoms with van der Waals surface area (Å²) >= 11 is 5.38. The van der Waals surface area contributed by atoms with Crippen LogP contribution in [0.25, 0.3) is 0 Å². The van der Waals surface area contributed by atoms with Crippen LogP contribution in [0.4, 0.5) is 0 Å². The number of aliphatic hydroxyl groups is 1. The van der Waals surface area contributed by atoms with Gasteiger partial charge in [0.1, 0.15) is 4.99 Å². The number of hydrazone groups is 1. The lowest BCUT2D eigenvalue weighted by Crippen LogP contribution is -2.42. The van der Waals surface area contributed by atoms with Crippen molar-refractivity contribution >= 4 is 22.9 Å². The molecule has 1 atom stereocenters. The zero-order valence-electron chi connectivity index (χ0n) is 10.3. The number of thiocarbonyl (C=S) groups is 1. The second-order valence-corrected chi connectivity index (χ2v) is 5.10. The molecule has 4 heteroatoms. The van der Waals surface area contributed by atoms with E-state index in [2.05, 4.69) is 5.10 Å². The normalized spacial score (nSPS) is 23.8. The summed E-state index contributed by atoms with van der Waals surface area (Å²) in [6, 6.07) is 7.92. The minimum atomic E-state index is -1.01. The van der Waals surface area contributed by atoms with Crippen molar-refractivity contribution in [2.75, 3.05) is 0 Å². The van der Waals surface area contributed by atoms with Crippen LogP contribution >= 0.6 is 12.2 Å². The molecule has 1 heterocycles. The first-order valence-corrected chi connectivity index (χ1v) is 5.99. The molecule has 0 saturated carbocycles. The molecule has 1 unspecified atom stereocenters. The summed E-state index contributed by atoms with van der Waals surface area (Å²) in [5.41, 5.74) is 1.98. The van der Waals surface area contributed by atoms with E-state index in [1.54, 1.807) is 6.92 Å². The van der Waals surface area contributed by atoms with Crippen LogP contribution in [0.5, 0.6) is 0 Å². The fourth-order valence-corrected chi connectivity index (χ4v) is 2.33. The molecule has 1 aromatic carbocycles. The highest BCUT2D eigenvalue weighted by Gasteiger charge is 2.37. The highest BCUT2D eigenvalue weighted by atomic mass is 32.1. The van der Waals surface area contributed by atoms with Crippen LogP contribution in [0.2, 0.25) is 0 Å². The Bertz CT molecular complexity index is 477. The highest BCUT2D eigenvalue weighted by molar-refractivity contribution is 7.80. The van der Waals surface area contributed by atoms with Crippen molar-refractivity contribution in [3.8, 4) is 0 Å². The average Bonchev–Trinajstić information content (AvgIpc) is 2.52. The molecular formula is C13H16N2OS. The first-order chi connectivity index (χ1) is 7.90. The van der Waals surface area contributed by atoms with Gasteiger partial charge in [-0.2, -0.15) is 5.10 Å². The molecule has 3 nitrogen and oxygen atoms in total. The maximum Gasteiger partial charge on any atom is 0.161 e. The SMILES string of the molecule is CC1=NN(C(=S)c2ccc(C)cc2)C(C)(O)C1. The van der Waals surface area contributed by atoms with Crippen LogP contribution in [0.15, 0.2) is 29.4 Å². The van der Waals surface area contributed by atoms with Crippen LogP contribution in [0, 0.1) is 6.92 Å². The lowest BCUT2D eigenvalue weighted by atomic mass is 10.1. The molecule has 0 spiro atoms. The smallest absolute Gasteiger partial charge is 0.161 e. The Morgan fingerprint density at radius 3 is 2.41 bits per heavy atom. The van der Waals surface area contributed by atoms with Crippen molar-refractivity contribution < 1.29 is 5.11 Å². The largest absolute Gasteiger partial charge is 0.369 e. The standard InChI is InChI=1S/C13H16N2OS/c1-9-4-6-11(7-5-9)12(17)15-13(3,16)8-10(2)14-15/h4-7,16H,8H2,1-3H3. The van der Waals surface area contributed by atoms with E-state index in [1.807, 2.05) is 38.1 Å². The first kappa shape index (κ1) is 12.2. The lowest BCUT2D eigenvalue weighted by molar-refractivity contribution is -0.0311. The second-order valence-electron chi connectivity index (χ2n) is 4.71. The zero-order valence-corrected chi connectivity index (χ0v) is 11.1. The topological polar surface area (TPSA) is 35.8 Å². The van der Waals surface area contributed by atoms with E-state index in [0.29, 0.717) is 11.4 Å². The fourth-order valence-electron chi connectivity index (χ4n) is 1.96. The van der Waals surface area contributed by atoms with Crippen molar-refractivity contribution in [1.29, 1.82) is 0 Å². The third kappa shape index (κ3) is 2.37.